The molecule has 0 aliphatic carbocycles. The Hall–Kier alpha value is -1.61. The molecule has 3 heteroatoms. The average Bonchev–Trinajstić information content (AvgIpc) is 2.31. The normalized spacial score (nSPS) is 18.3. The van der Waals surface area contributed by atoms with Crippen molar-refractivity contribution in [2.75, 3.05) is 20.1 Å². The predicted octanol–water partition coefficient (Wildman–Crippen LogP) is 2.13. The Balaban J connectivity index is 2.28. The molecule has 1 aromatic carbocycles. The lowest BCUT2D eigenvalue weighted by atomic mass is 9.99. The van der Waals surface area contributed by atoms with Gasteiger partial charge in [-0.25, -0.2) is 0 Å². The summed E-state index contributed by atoms with van der Waals surface area (Å²) in [7, 11) is 2.08. The molecule has 0 amide bonds. The molecule has 1 heterocycles. The number of rotatable bonds is 2. The number of hydrogen-bond acceptors (Lipinski definition) is 3. The molecule has 3 nitrogen and oxygen atoms in total. The molecule has 0 saturated heterocycles. The van der Waals surface area contributed by atoms with Crippen LogP contribution in [0.2, 0.25) is 0 Å². The van der Waals surface area contributed by atoms with Gasteiger partial charge in [-0.1, -0.05) is 41.6 Å². The van der Waals surface area contributed by atoms with Crippen molar-refractivity contribution in [3.8, 4) is 0 Å². The molecular weight excluding hydrogens is 200 g/mol. The fraction of sp³-hybridized carbons (Fsp3) is 0.308. The summed E-state index contributed by atoms with van der Waals surface area (Å²) >= 11 is 0. The molecule has 1 aromatic rings. The van der Waals surface area contributed by atoms with E-state index in [2.05, 4.69) is 23.2 Å². The molecule has 0 atom stereocenters. The first-order valence-electron chi connectivity index (χ1n) is 5.46. The molecule has 1 aliphatic rings. The van der Waals surface area contributed by atoms with Crippen LogP contribution in [0.3, 0.4) is 0 Å². The Morgan fingerprint density at radius 2 is 2.06 bits per heavy atom. The van der Waals surface area contributed by atoms with Crippen LogP contribution in [-0.2, 0) is 0 Å². The minimum Gasteiger partial charge on any atom is -0.410 e. The Kier molecular flexibility index (Phi) is 3.37. The van der Waals surface area contributed by atoms with Crippen molar-refractivity contribution in [1.29, 1.82) is 0 Å². The lowest BCUT2D eigenvalue weighted by Crippen LogP contribution is -2.28. The van der Waals surface area contributed by atoms with E-state index < -0.39 is 0 Å². The molecule has 84 valence electrons. The van der Waals surface area contributed by atoms with Crippen molar-refractivity contribution in [3.63, 3.8) is 0 Å². The highest BCUT2D eigenvalue weighted by molar-refractivity contribution is 6.12. The van der Waals surface area contributed by atoms with Gasteiger partial charge in [0.25, 0.3) is 0 Å². The fourth-order valence-corrected chi connectivity index (χ4v) is 1.97. The molecule has 0 spiro atoms. The third-order valence-corrected chi connectivity index (χ3v) is 2.79. The summed E-state index contributed by atoms with van der Waals surface area (Å²) in [5, 5.41) is 12.6. The topological polar surface area (TPSA) is 35.8 Å². The summed E-state index contributed by atoms with van der Waals surface area (Å²) in [4.78, 5) is 2.23. The van der Waals surface area contributed by atoms with E-state index in [1.165, 1.54) is 0 Å². The van der Waals surface area contributed by atoms with Crippen LogP contribution in [0.4, 0.5) is 0 Å². The van der Waals surface area contributed by atoms with Gasteiger partial charge in [0.1, 0.15) is 5.71 Å². The van der Waals surface area contributed by atoms with Gasteiger partial charge in [-0.3, -0.25) is 0 Å². The zero-order chi connectivity index (χ0) is 11.4. The first kappa shape index (κ1) is 10.9. The van der Waals surface area contributed by atoms with Crippen LogP contribution in [0.25, 0.3) is 0 Å². The minimum absolute atomic E-state index is 0.687. The molecule has 0 saturated carbocycles. The molecule has 1 N–H and O–H groups in total. The predicted molar refractivity (Wildman–Crippen MR) is 65.0 cm³/mol. The van der Waals surface area contributed by atoms with Crippen LogP contribution in [0.1, 0.15) is 12.0 Å². The van der Waals surface area contributed by atoms with Gasteiger partial charge >= 0.3 is 0 Å². The van der Waals surface area contributed by atoms with E-state index in [1.807, 2.05) is 30.3 Å². The van der Waals surface area contributed by atoms with E-state index in [9.17, 15) is 0 Å². The van der Waals surface area contributed by atoms with Crippen molar-refractivity contribution in [2.24, 2.45) is 5.16 Å². The average molecular weight is 216 g/mol. The van der Waals surface area contributed by atoms with Gasteiger partial charge in [-0.05, 0) is 19.0 Å². The highest BCUT2D eigenvalue weighted by Crippen LogP contribution is 2.15. The van der Waals surface area contributed by atoms with Crippen LogP contribution < -0.4 is 0 Å². The number of nitrogens with zero attached hydrogens (tertiary/aromatic N) is 2. The summed E-state index contributed by atoms with van der Waals surface area (Å²) in [6.45, 7) is 1.91. The zero-order valence-corrected chi connectivity index (χ0v) is 9.43. The van der Waals surface area contributed by atoms with E-state index in [1.54, 1.807) is 0 Å². The quantitative estimate of drug-likeness (QED) is 0.467. The van der Waals surface area contributed by atoms with Gasteiger partial charge in [0.15, 0.2) is 0 Å². The monoisotopic (exact) mass is 216 g/mol. The first-order valence-corrected chi connectivity index (χ1v) is 5.46. The lowest BCUT2D eigenvalue weighted by Gasteiger charge is -2.23. The zero-order valence-electron chi connectivity index (χ0n) is 9.43. The van der Waals surface area contributed by atoms with Crippen molar-refractivity contribution < 1.29 is 5.21 Å². The van der Waals surface area contributed by atoms with Gasteiger partial charge in [-0.15, -0.1) is 0 Å². The number of oxime groups is 1. The largest absolute Gasteiger partial charge is 0.410 e. The maximum atomic E-state index is 9.15. The van der Waals surface area contributed by atoms with Crippen LogP contribution in [-0.4, -0.2) is 36.0 Å². The summed E-state index contributed by atoms with van der Waals surface area (Å²) < 4.78 is 0. The second-order valence-corrected chi connectivity index (χ2v) is 4.07. The first-order chi connectivity index (χ1) is 7.81. The second kappa shape index (κ2) is 4.94. The highest BCUT2D eigenvalue weighted by atomic mass is 16.4. The molecule has 0 aromatic heterocycles. The number of hydrogen-bond donors (Lipinski definition) is 1. The third kappa shape index (κ3) is 2.31. The number of benzene rings is 1. The SMILES string of the molecule is CN1CCC=C(C(=NO)c2ccccc2)C1. The standard InChI is InChI=1S/C13H16N2O/c1-15-9-5-8-12(10-15)13(14-16)11-6-3-2-4-7-11/h2-4,6-8,16H,5,9-10H2,1H3. The van der Waals surface area contributed by atoms with E-state index in [0.29, 0.717) is 5.71 Å². The van der Waals surface area contributed by atoms with Crippen LogP contribution >= 0.6 is 0 Å². The molecule has 0 bridgehead atoms. The Bertz CT molecular complexity index is 409. The van der Waals surface area contributed by atoms with Crippen molar-refractivity contribution >= 4 is 5.71 Å². The lowest BCUT2D eigenvalue weighted by molar-refractivity contribution is 0.317. The van der Waals surface area contributed by atoms with E-state index >= 15 is 0 Å². The summed E-state index contributed by atoms with van der Waals surface area (Å²) in [5.74, 6) is 0. The van der Waals surface area contributed by atoms with Crippen molar-refractivity contribution in [1.82, 2.24) is 4.90 Å². The van der Waals surface area contributed by atoms with E-state index in [0.717, 1.165) is 30.6 Å². The molecule has 16 heavy (non-hydrogen) atoms. The maximum Gasteiger partial charge on any atom is 0.114 e. The summed E-state index contributed by atoms with van der Waals surface area (Å²) in [5.41, 5.74) is 2.75. The highest BCUT2D eigenvalue weighted by Gasteiger charge is 2.15. The molecule has 1 aliphatic heterocycles. The molecule has 0 radical (unpaired) electrons. The minimum atomic E-state index is 0.687. The third-order valence-electron chi connectivity index (χ3n) is 2.79. The van der Waals surface area contributed by atoms with Gasteiger partial charge in [0, 0.05) is 18.7 Å². The van der Waals surface area contributed by atoms with Crippen molar-refractivity contribution in [2.45, 2.75) is 6.42 Å². The molecule has 0 fully saturated rings. The molecule has 0 unspecified atom stereocenters. The van der Waals surface area contributed by atoms with Crippen LogP contribution in [0, 0.1) is 0 Å². The van der Waals surface area contributed by atoms with E-state index in [4.69, 9.17) is 5.21 Å². The summed E-state index contributed by atoms with van der Waals surface area (Å²) in [6.07, 6.45) is 3.17. The van der Waals surface area contributed by atoms with Crippen molar-refractivity contribution in [3.05, 3.63) is 47.5 Å². The molecular formula is C13H16N2O. The summed E-state index contributed by atoms with van der Waals surface area (Å²) in [6, 6.07) is 9.79. The van der Waals surface area contributed by atoms with Crippen LogP contribution in [0.5, 0.6) is 0 Å². The Morgan fingerprint density at radius 3 is 2.69 bits per heavy atom. The Labute approximate surface area is 95.7 Å². The van der Waals surface area contributed by atoms with E-state index in [-0.39, 0.29) is 0 Å². The van der Waals surface area contributed by atoms with Crippen LogP contribution in [0.15, 0.2) is 47.1 Å². The maximum absolute atomic E-state index is 9.15. The Morgan fingerprint density at radius 1 is 1.31 bits per heavy atom. The van der Waals surface area contributed by atoms with Gasteiger partial charge < -0.3 is 10.1 Å². The smallest absolute Gasteiger partial charge is 0.114 e. The van der Waals surface area contributed by atoms with Gasteiger partial charge in [0.2, 0.25) is 0 Å². The second-order valence-electron chi connectivity index (χ2n) is 4.07. The fourth-order valence-electron chi connectivity index (χ4n) is 1.97. The number of likely N-dealkylation sites (N-methyl/N-ethyl adjacent to an activating group) is 1. The molecule has 2 rings (SSSR count). The van der Waals surface area contributed by atoms with Gasteiger partial charge in [0.05, 0.1) is 0 Å². The van der Waals surface area contributed by atoms with Gasteiger partial charge in [-0.2, -0.15) is 0 Å².